The van der Waals surface area contributed by atoms with Crippen LogP contribution < -0.4 is 11.1 Å². The molecule has 6 aromatic rings. The quantitative estimate of drug-likeness (QED) is 0.0142. The molecule has 2 atom stereocenters. The lowest BCUT2D eigenvalue weighted by Gasteiger charge is -2.18. The van der Waals surface area contributed by atoms with Crippen molar-refractivity contribution in [2.75, 3.05) is 79.2 Å². The van der Waals surface area contributed by atoms with E-state index in [9.17, 15) is 38.4 Å². The Morgan fingerprint density at radius 1 is 0.416 bits per heavy atom. The lowest BCUT2D eigenvalue weighted by atomic mass is 9.97. The van der Waals surface area contributed by atoms with Gasteiger partial charge in [0.1, 0.15) is 39.6 Å². The average Bonchev–Trinajstić information content (AvgIpc) is 1.66. The second kappa shape index (κ2) is 38.2. The fourth-order valence-electron chi connectivity index (χ4n) is 9.85. The molecule has 6 N–H and O–H groups in total. The number of benzene rings is 6. The van der Waals surface area contributed by atoms with Crippen molar-refractivity contribution in [2.45, 2.75) is 63.6 Å². The normalized spacial score (nSPS) is 12.4. The van der Waals surface area contributed by atoms with Crippen LogP contribution in [0.25, 0.3) is 22.3 Å². The van der Waals surface area contributed by atoms with E-state index in [2.05, 4.69) is 34.3 Å². The molecule has 0 unspecified atom stereocenters. The number of aliphatic carboxylic acids is 3. The number of amides is 1. The van der Waals surface area contributed by atoms with Crippen LogP contribution in [0.5, 0.6) is 0 Å². The Hall–Kier alpha value is -9.12. The van der Waals surface area contributed by atoms with Gasteiger partial charge < -0.3 is 64.3 Å². The smallest absolute Gasteiger partial charge is 0.329 e. The van der Waals surface area contributed by atoms with E-state index in [-0.39, 0.29) is 116 Å². The van der Waals surface area contributed by atoms with Gasteiger partial charge in [-0.2, -0.15) is 0 Å². The zero-order valence-corrected chi connectivity index (χ0v) is 49.4. The maximum Gasteiger partial charge on any atom is 0.329 e. The summed E-state index contributed by atoms with van der Waals surface area (Å²) >= 11 is 0. The van der Waals surface area contributed by atoms with Crippen LogP contribution in [-0.2, 0) is 89.5 Å². The standard InChI is InChI=1S/C34H37NO9.C28H26O6.C6H13NO4/c36-31(35-16-17-41-18-19-42-23-32(37)38)15-14-25(34(40)44-21-24-8-2-1-3-9-24)20-33(39)43-22-30-28-12-6-4-10-26(28)27-11-5-7-13-29(27)30;29-26(30)15-14-20(28(32)34-17-19-8-2-1-3-9-19)16-27(31)33-18-25-23-12-6-4-10-21(23)22-11-5-7-13-24(22)25;7-1-2-10-3-4-11-5-6(8)9/h1-13,25,30H,14-23H2,(H,35,36)(H,37,38);1-13,20,25H,14-18H2,(H,29,30);1-5,7H2,(H,8,9)/t25-;20-;/m11./s1. The van der Waals surface area contributed by atoms with Gasteiger partial charge in [0, 0.05) is 37.8 Å². The number of carbonyl (C=O) groups is 8. The minimum Gasteiger partial charge on any atom is -0.481 e. The average molecular weight is 1230 g/mol. The highest BCUT2D eigenvalue weighted by Crippen LogP contribution is 2.46. The van der Waals surface area contributed by atoms with Crippen molar-refractivity contribution >= 4 is 47.7 Å². The lowest BCUT2D eigenvalue weighted by molar-refractivity contribution is -0.157. The highest BCUT2D eigenvalue weighted by Gasteiger charge is 2.33. The van der Waals surface area contributed by atoms with E-state index >= 15 is 0 Å². The minimum atomic E-state index is -1.06. The highest BCUT2D eigenvalue weighted by atomic mass is 16.6. The van der Waals surface area contributed by atoms with Gasteiger partial charge >= 0.3 is 41.8 Å². The largest absolute Gasteiger partial charge is 0.481 e. The molecule has 21 nitrogen and oxygen atoms in total. The molecule has 21 heteroatoms. The number of hydrogen-bond donors (Lipinski definition) is 5. The summed E-state index contributed by atoms with van der Waals surface area (Å²) in [7, 11) is 0. The SMILES string of the molecule is NCCOCCOCC(=O)O.O=C(O)CC[C@H](CC(=O)OCC1c2ccccc2-c2ccccc21)C(=O)OCc1ccccc1.O=C(O)COCCOCCNC(=O)CC[C@H](CC(=O)OCC1c2ccccc2-c2ccccc21)C(=O)OCc1ccccc1. The molecule has 0 bridgehead atoms. The van der Waals surface area contributed by atoms with Crippen LogP contribution >= 0.6 is 0 Å². The van der Waals surface area contributed by atoms with Gasteiger partial charge in [-0.1, -0.05) is 158 Å². The number of carboxylic acids is 3. The van der Waals surface area contributed by atoms with Crippen molar-refractivity contribution < 1.29 is 91.6 Å². The van der Waals surface area contributed by atoms with Gasteiger partial charge in [-0.3, -0.25) is 28.8 Å². The van der Waals surface area contributed by atoms with E-state index in [4.69, 9.17) is 54.2 Å². The van der Waals surface area contributed by atoms with E-state index in [1.165, 1.54) is 0 Å². The van der Waals surface area contributed by atoms with Gasteiger partial charge in [0.25, 0.3) is 0 Å². The molecule has 0 fully saturated rings. The zero-order valence-electron chi connectivity index (χ0n) is 49.4. The summed E-state index contributed by atoms with van der Waals surface area (Å²) in [5, 5.41) is 28.4. The first-order chi connectivity index (χ1) is 43.2. The van der Waals surface area contributed by atoms with Gasteiger partial charge in [-0.25, -0.2) is 9.59 Å². The number of rotatable bonds is 35. The summed E-state index contributed by atoms with van der Waals surface area (Å²) < 4.78 is 41.9. The van der Waals surface area contributed by atoms with Crippen molar-refractivity contribution in [1.29, 1.82) is 0 Å². The molecular formula is C68H76N2O19. The van der Waals surface area contributed by atoms with Crippen LogP contribution in [0.4, 0.5) is 0 Å². The summed E-state index contributed by atoms with van der Waals surface area (Å²) in [6.45, 7) is 2.15. The molecular weight excluding hydrogens is 1150 g/mol. The minimum absolute atomic E-state index is 0.00345. The second-order valence-corrected chi connectivity index (χ2v) is 20.5. The highest BCUT2D eigenvalue weighted by molar-refractivity contribution is 5.84. The summed E-state index contributed by atoms with van der Waals surface area (Å²) in [4.78, 5) is 95.2. The number of nitrogens with one attached hydrogen (secondary N) is 1. The third-order valence-corrected chi connectivity index (χ3v) is 14.1. The first kappa shape index (κ1) is 69.0. The first-order valence-corrected chi connectivity index (χ1v) is 29.2. The molecule has 89 heavy (non-hydrogen) atoms. The predicted molar refractivity (Wildman–Crippen MR) is 325 cm³/mol. The Balaban J connectivity index is 0.000000248. The van der Waals surface area contributed by atoms with Gasteiger partial charge in [0.2, 0.25) is 5.91 Å². The van der Waals surface area contributed by atoms with Crippen LogP contribution in [0, 0.1) is 11.8 Å². The molecule has 472 valence electrons. The Morgan fingerprint density at radius 3 is 1.16 bits per heavy atom. The molecule has 0 spiro atoms. The summed E-state index contributed by atoms with van der Waals surface area (Å²) in [6, 6.07) is 50.6. The van der Waals surface area contributed by atoms with Gasteiger partial charge in [-0.05, 0) is 68.5 Å². The molecule has 2 aliphatic carbocycles. The second-order valence-electron chi connectivity index (χ2n) is 20.5. The van der Waals surface area contributed by atoms with Crippen molar-refractivity contribution in [2.24, 2.45) is 17.6 Å². The molecule has 8 rings (SSSR count). The summed E-state index contributed by atoms with van der Waals surface area (Å²) in [5.41, 5.74) is 15.6. The Kier molecular flexibility index (Phi) is 29.6. The van der Waals surface area contributed by atoms with Gasteiger partial charge in [0.15, 0.2) is 0 Å². The molecule has 0 aliphatic heterocycles. The van der Waals surface area contributed by atoms with E-state index in [1.54, 1.807) is 0 Å². The molecule has 0 saturated heterocycles. The van der Waals surface area contributed by atoms with Gasteiger partial charge in [-0.15, -0.1) is 0 Å². The van der Waals surface area contributed by atoms with Crippen LogP contribution in [0.15, 0.2) is 158 Å². The summed E-state index contributed by atoms with van der Waals surface area (Å²) in [6.07, 6.45) is -0.556. The first-order valence-electron chi connectivity index (χ1n) is 29.2. The van der Waals surface area contributed by atoms with Crippen molar-refractivity contribution in [3.63, 3.8) is 0 Å². The predicted octanol–water partition coefficient (Wildman–Crippen LogP) is 8.13. The van der Waals surface area contributed by atoms with E-state index in [1.807, 2.05) is 133 Å². The Morgan fingerprint density at radius 2 is 0.775 bits per heavy atom. The van der Waals surface area contributed by atoms with Gasteiger partial charge in [0.05, 0.1) is 64.3 Å². The number of hydrogen-bond acceptors (Lipinski definition) is 17. The maximum absolute atomic E-state index is 13.0. The maximum atomic E-state index is 13.0. The molecule has 6 aromatic carbocycles. The number of fused-ring (bicyclic) bond motifs is 6. The monoisotopic (exact) mass is 1220 g/mol. The van der Waals surface area contributed by atoms with E-state index in [0.717, 1.165) is 55.6 Å². The van der Waals surface area contributed by atoms with E-state index in [0.29, 0.717) is 26.4 Å². The summed E-state index contributed by atoms with van der Waals surface area (Å²) in [5.74, 6) is -7.54. The fraction of sp³-hybridized carbons (Fsp3) is 0.353. The van der Waals surface area contributed by atoms with Crippen LogP contribution in [0.1, 0.15) is 83.7 Å². The van der Waals surface area contributed by atoms with Crippen molar-refractivity contribution in [3.8, 4) is 22.3 Å². The molecule has 1 amide bonds. The third-order valence-electron chi connectivity index (χ3n) is 14.1. The van der Waals surface area contributed by atoms with Crippen molar-refractivity contribution in [1.82, 2.24) is 5.32 Å². The Labute approximate surface area is 516 Å². The van der Waals surface area contributed by atoms with E-state index < -0.39 is 60.2 Å². The zero-order chi connectivity index (χ0) is 63.6. The number of carbonyl (C=O) groups excluding carboxylic acids is 5. The Bertz CT molecular complexity index is 3140. The van der Waals surface area contributed by atoms with Crippen molar-refractivity contribution in [3.05, 3.63) is 191 Å². The number of nitrogens with two attached hydrogens (primary N) is 1. The van der Waals surface area contributed by atoms with Crippen LogP contribution in [0.3, 0.4) is 0 Å². The number of esters is 4. The lowest BCUT2D eigenvalue weighted by Crippen LogP contribution is -2.29. The molecule has 0 heterocycles. The molecule has 0 saturated carbocycles. The fourth-order valence-corrected chi connectivity index (χ4v) is 9.85. The molecule has 2 aliphatic rings. The van der Waals surface area contributed by atoms with Crippen LogP contribution in [-0.4, -0.2) is 142 Å². The van der Waals surface area contributed by atoms with Crippen LogP contribution in [0.2, 0.25) is 0 Å². The third kappa shape index (κ3) is 23.8. The number of ether oxygens (including phenoxy) is 8. The molecule has 0 radical (unpaired) electrons. The topological polar surface area (TPSA) is 309 Å². The molecule has 0 aromatic heterocycles. The number of carboxylic acid groups (broad SMARTS) is 3.